The fourth-order valence-electron chi connectivity index (χ4n) is 2.28. The van der Waals surface area contributed by atoms with Gasteiger partial charge >= 0.3 is 0 Å². The summed E-state index contributed by atoms with van der Waals surface area (Å²) in [6, 6.07) is 5.43. The molecule has 0 saturated carbocycles. The summed E-state index contributed by atoms with van der Waals surface area (Å²) in [6.45, 7) is 3.11. The number of nitrogens with two attached hydrogens (primary N) is 1. The molecule has 1 aliphatic rings. The lowest BCUT2D eigenvalue weighted by Gasteiger charge is -2.23. The molecule has 5 nitrogen and oxygen atoms in total. The number of amidine groups is 1. The molecule has 0 bridgehead atoms. The second-order valence-electron chi connectivity index (χ2n) is 4.97. The molecular weight excluding hydrogens is 230 g/mol. The Morgan fingerprint density at radius 2 is 2.28 bits per heavy atom. The maximum Gasteiger partial charge on any atom is 0.124 e. The summed E-state index contributed by atoms with van der Waals surface area (Å²) in [7, 11) is 1.60. The van der Waals surface area contributed by atoms with Gasteiger partial charge in [-0.1, -0.05) is 0 Å². The Balaban J connectivity index is 2.38. The van der Waals surface area contributed by atoms with E-state index in [-0.39, 0.29) is 5.84 Å². The molecular formula is C13H19N3O2. The molecule has 1 heterocycles. The van der Waals surface area contributed by atoms with E-state index in [9.17, 15) is 5.11 Å². The number of nitrogen functional groups attached to an aromatic ring is 1. The molecule has 0 aliphatic carbocycles. The molecule has 0 amide bonds. The van der Waals surface area contributed by atoms with E-state index >= 15 is 0 Å². The van der Waals surface area contributed by atoms with Gasteiger partial charge < -0.3 is 20.5 Å². The van der Waals surface area contributed by atoms with Crippen LogP contribution in [0.4, 0.5) is 5.69 Å². The van der Waals surface area contributed by atoms with Gasteiger partial charge in [0.2, 0.25) is 0 Å². The molecule has 0 aromatic heterocycles. The maximum atomic E-state index is 10.0. The molecule has 2 rings (SSSR count). The van der Waals surface area contributed by atoms with Crippen LogP contribution in [0.1, 0.15) is 18.9 Å². The van der Waals surface area contributed by atoms with Crippen LogP contribution in [0.25, 0.3) is 0 Å². The zero-order chi connectivity index (χ0) is 13.3. The number of aliphatic hydroxyl groups is 1. The molecule has 4 N–H and O–H groups in total. The quantitative estimate of drug-likeness (QED) is 0.550. The van der Waals surface area contributed by atoms with Crippen molar-refractivity contribution >= 4 is 11.5 Å². The Kier molecular flexibility index (Phi) is 3.17. The molecule has 1 atom stereocenters. The number of nitrogens with zero attached hydrogens (tertiary/aromatic N) is 1. The first-order valence-electron chi connectivity index (χ1n) is 5.93. The number of nitrogens with one attached hydrogen (secondary N) is 1. The Bertz CT molecular complexity index is 471. The van der Waals surface area contributed by atoms with Gasteiger partial charge in [0.1, 0.15) is 11.6 Å². The number of benzene rings is 1. The van der Waals surface area contributed by atoms with Crippen molar-refractivity contribution in [2.45, 2.75) is 18.9 Å². The number of ether oxygens (including phenoxy) is 1. The van der Waals surface area contributed by atoms with Crippen LogP contribution in [-0.2, 0) is 0 Å². The zero-order valence-corrected chi connectivity index (χ0v) is 10.7. The normalized spacial score (nSPS) is 23.2. The minimum Gasteiger partial charge on any atom is -0.497 e. The smallest absolute Gasteiger partial charge is 0.124 e. The number of anilines is 1. The summed E-state index contributed by atoms with van der Waals surface area (Å²) in [5, 5.41) is 17.6. The van der Waals surface area contributed by atoms with Gasteiger partial charge in [0.25, 0.3) is 0 Å². The average Bonchev–Trinajstić information content (AvgIpc) is 2.68. The first-order valence-corrected chi connectivity index (χ1v) is 5.93. The summed E-state index contributed by atoms with van der Waals surface area (Å²) in [5.41, 5.74) is 6.43. The molecule has 0 spiro atoms. The van der Waals surface area contributed by atoms with Gasteiger partial charge in [-0.25, -0.2) is 0 Å². The van der Waals surface area contributed by atoms with Crippen LogP contribution >= 0.6 is 0 Å². The Morgan fingerprint density at radius 1 is 1.56 bits per heavy atom. The second-order valence-corrected chi connectivity index (χ2v) is 4.97. The minimum absolute atomic E-state index is 0.0270. The van der Waals surface area contributed by atoms with Gasteiger partial charge in [-0.3, -0.25) is 5.41 Å². The first-order chi connectivity index (χ1) is 8.43. The second kappa shape index (κ2) is 4.49. The molecule has 18 heavy (non-hydrogen) atoms. The van der Waals surface area contributed by atoms with E-state index in [0.717, 1.165) is 18.0 Å². The van der Waals surface area contributed by atoms with Gasteiger partial charge in [-0.2, -0.15) is 0 Å². The third-order valence-electron chi connectivity index (χ3n) is 3.29. The van der Waals surface area contributed by atoms with Crippen molar-refractivity contribution in [2.24, 2.45) is 5.73 Å². The first kappa shape index (κ1) is 12.7. The predicted octanol–water partition coefficient (Wildman–Crippen LogP) is 0.940. The van der Waals surface area contributed by atoms with E-state index in [2.05, 4.69) is 0 Å². The molecule has 1 aliphatic heterocycles. The van der Waals surface area contributed by atoms with Gasteiger partial charge in [0, 0.05) is 24.7 Å². The molecule has 1 fully saturated rings. The van der Waals surface area contributed by atoms with Crippen molar-refractivity contribution in [3.63, 3.8) is 0 Å². The fourth-order valence-corrected chi connectivity index (χ4v) is 2.28. The van der Waals surface area contributed by atoms with Crippen molar-refractivity contribution in [3.05, 3.63) is 23.8 Å². The number of methoxy groups -OCH3 is 1. The Morgan fingerprint density at radius 3 is 2.78 bits per heavy atom. The van der Waals surface area contributed by atoms with Crippen LogP contribution in [0.15, 0.2) is 18.2 Å². The van der Waals surface area contributed by atoms with Gasteiger partial charge in [0.05, 0.1) is 18.4 Å². The standard InChI is InChI=1S/C13H19N3O2/c1-13(17)5-6-16(8-13)11-7-9(18-2)3-4-10(11)12(14)15/h3-4,7,17H,5-6,8H2,1-2H3,(H3,14,15). The van der Waals surface area contributed by atoms with E-state index < -0.39 is 5.60 Å². The van der Waals surface area contributed by atoms with Crippen molar-refractivity contribution in [2.75, 3.05) is 25.1 Å². The van der Waals surface area contributed by atoms with Crippen molar-refractivity contribution in [3.8, 4) is 5.75 Å². The average molecular weight is 249 g/mol. The van der Waals surface area contributed by atoms with Crippen LogP contribution in [0, 0.1) is 5.41 Å². The van der Waals surface area contributed by atoms with Crippen molar-refractivity contribution < 1.29 is 9.84 Å². The van der Waals surface area contributed by atoms with E-state index in [0.29, 0.717) is 18.5 Å². The predicted molar refractivity (Wildman–Crippen MR) is 71.5 cm³/mol. The third-order valence-corrected chi connectivity index (χ3v) is 3.29. The lowest BCUT2D eigenvalue weighted by molar-refractivity contribution is 0.0839. The molecule has 1 aromatic carbocycles. The van der Waals surface area contributed by atoms with Crippen molar-refractivity contribution in [1.82, 2.24) is 0 Å². The molecule has 1 unspecified atom stereocenters. The van der Waals surface area contributed by atoms with Crippen LogP contribution < -0.4 is 15.4 Å². The number of rotatable bonds is 3. The van der Waals surface area contributed by atoms with E-state index in [1.165, 1.54) is 0 Å². The highest BCUT2D eigenvalue weighted by Gasteiger charge is 2.32. The van der Waals surface area contributed by atoms with E-state index in [1.54, 1.807) is 19.2 Å². The van der Waals surface area contributed by atoms with Crippen LogP contribution in [-0.4, -0.2) is 36.7 Å². The summed E-state index contributed by atoms with van der Waals surface area (Å²) in [4.78, 5) is 2.04. The molecule has 1 aromatic rings. The van der Waals surface area contributed by atoms with Gasteiger partial charge in [0.15, 0.2) is 0 Å². The minimum atomic E-state index is -0.683. The molecule has 98 valence electrons. The highest BCUT2D eigenvalue weighted by atomic mass is 16.5. The van der Waals surface area contributed by atoms with Gasteiger partial charge in [-0.15, -0.1) is 0 Å². The maximum absolute atomic E-state index is 10.0. The summed E-state index contributed by atoms with van der Waals surface area (Å²) in [5.74, 6) is 0.751. The number of hydrogen-bond donors (Lipinski definition) is 3. The van der Waals surface area contributed by atoms with Crippen molar-refractivity contribution in [1.29, 1.82) is 5.41 Å². The topological polar surface area (TPSA) is 82.6 Å². The third kappa shape index (κ3) is 2.41. The zero-order valence-electron chi connectivity index (χ0n) is 10.7. The fraction of sp³-hybridized carbons (Fsp3) is 0.462. The summed E-state index contributed by atoms with van der Waals surface area (Å²) >= 11 is 0. The lowest BCUT2D eigenvalue weighted by atomic mass is 10.1. The van der Waals surface area contributed by atoms with Crippen LogP contribution in [0.3, 0.4) is 0 Å². The Labute approximate surface area is 107 Å². The highest BCUT2D eigenvalue weighted by Crippen LogP contribution is 2.31. The summed E-state index contributed by atoms with van der Waals surface area (Å²) < 4.78 is 5.20. The SMILES string of the molecule is COc1ccc(C(=N)N)c(N2CCC(C)(O)C2)c1. The van der Waals surface area contributed by atoms with Crippen LogP contribution in [0.2, 0.25) is 0 Å². The Hall–Kier alpha value is -1.75. The molecule has 1 saturated heterocycles. The van der Waals surface area contributed by atoms with Gasteiger partial charge in [-0.05, 0) is 25.5 Å². The highest BCUT2D eigenvalue weighted by molar-refractivity contribution is 6.00. The van der Waals surface area contributed by atoms with E-state index in [1.807, 2.05) is 17.9 Å². The number of hydrogen-bond acceptors (Lipinski definition) is 4. The summed E-state index contributed by atoms with van der Waals surface area (Å²) in [6.07, 6.45) is 0.710. The molecule has 0 radical (unpaired) electrons. The monoisotopic (exact) mass is 249 g/mol. The largest absolute Gasteiger partial charge is 0.497 e. The van der Waals surface area contributed by atoms with Crippen LogP contribution in [0.5, 0.6) is 5.75 Å². The number of β-amino-alcohol motifs (C(OH)–C–C–N with tert-alkyl or cyclic N) is 1. The van der Waals surface area contributed by atoms with E-state index in [4.69, 9.17) is 15.9 Å². The molecule has 5 heteroatoms. The lowest BCUT2D eigenvalue weighted by Crippen LogP contribution is -2.30.